The van der Waals surface area contributed by atoms with Gasteiger partial charge in [-0.25, -0.2) is 0 Å². The highest BCUT2D eigenvalue weighted by molar-refractivity contribution is 7.84. The number of para-hydroxylation sites is 1. The molecule has 0 aliphatic heterocycles. The van der Waals surface area contributed by atoms with Crippen molar-refractivity contribution in [2.75, 3.05) is 29.1 Å². The predicted octanol–water partition coefficient (Wildman–Crippen LogP) is 2.10. The van der Waals surface area contributed by atoms with Crippen LogP contribution in [0.4, 0.5) is 11.4 Å². The lowest BCUT2D eigenvalue weighted by Crippen LogP contribution is -2.12. The van der Waals surface area contributed by atoms with Crippen molar-refractivity contribution in [1.29, 1.82) is 0 Å². The third kappa shape index (κ3) is 3.72. The van der Waals surface area contributed by atoms with Crippen molar-refractivity contribution < 1.29 is 4.21 Å². The SMILES string of the molecule is CCS(=O)CCNc1cccc(Cl)c1N. The van der Waals surface area contributed by atoms with E-state index < -0.39 is 10.8 Å². The minimum Gasteiger partial charge on any atom is -0.396 e. The molecule has 0 saturated heterocycles. The number of hydrogen-bond donors (Lipinski definition) is 2. The Balaban J connectivity index is 2.51. The Hall–Kier alpha value is -0.740. The Kier molecular flexibility index (Phi) is 4.91. The summed E-state index contributed by atoms with van der Waals surface area (Å²) in [7, 11) is -0.749. The van der Waals surface area contributed by atoms with Gasteiger partial charge in [-0.2, -0.15) is 0 Å². The van der Waals surface area contributed by atoms with E-state index in [9.17, 15) is 4.21 Å². The third-order valence-electron chi connectivity index (χ3n) is 2.02. The maximum Gasteiger partial charge on any atom is 0.0739 e. The number of benzene rings is 1. The Morgan fingerprint density at radius 2 is 2.27 bits per heavy atom. The molecule has 15 heavy (non-hydrogen) atoms. The first-order valence-electron chi connectivity index (χ1n) is 4.78. The molecule has 0 saturated carbocycles. The molecule has 0 aromatic heterocycles. The average Bonchev–Trinajstić information content (AvgIpc) is 2.24. The van der Waals surface area contributed by atoms with Crippen LogP contribution in [0.5, 0.6) is 0 Å². The molecule has 0 aliphatic rings. The van der Waals surface area contributed by atoms with Crippen molar-refractivity contribution in [1.82, 2.24) is 0 Å². The summed E-state index contributed by atoms with van der Waals surface area (Å²) in [5, 5.41) is 3.66. The second-order valence-electron chi connectivity index (χ2n) is 3.06. The van der Waals surface area contributed by atoms with Gasteiger partial charge >= 0.3 is 0 Å². The Morgan fingerprint density at radius 3 is 2.93 bits per heavy atom. The number of nitrogens with one attached hydrogen (secondary N) is 1. The van der Waals surface area contributed by atoms with Gasteiger partial charge < -0.3 is 11.1 Å². The number of rotatable bonds is 5. The fourth-order valence-electron chi connectivity index (χ4n) is 1.14. The van der Waals surface area contributed by atoms with Gasteiger partial charge in [-0.05, 0) is 12.1 Å². The highest BCUT2D eigenvalue weighted by Crippen LogP contribution is 2.26. The normalized spacial score (nSPS) is 12.4. The van der Waals surface area contributed by atoms with Gasteiger partial charge in [0.15, 0.2) is 0 Å². The van der Waals surface area contributed by atoms with Gasteiger partial charge in [-0.3, -0.25) is 4.21 Å². The van der Waals surface area contributed by atoms with Crippen LogP contribution in [-0.2, 0) is 10.8 Å². The van der Waals surface area contributed by atoms with E-state index in [2.05, 4.69) is 5.32 Å². The van der Waals surface area contributed by atoms with Crippen molar-refractivity contribution in [2.24, 2.45) is 0 Å². The lowest BCUT2D eigenvalue weighted by molar-refractivity contribution is 0.684. The van der Waals surface area contributed by atoms with Crippen LogP contribution in [0.2, 0.25) is 5.02 Å². The molecular formula is C10H15ClN2OS. The molecule has 0 radical (unpaired) electrons. The second-order valence-corrected chi connectivity index (χ2v) is 5.33. The van der Waals surface area contributed by atoms with Crippen molar-refractivity contribution >= 4 is 33.8 Å². The first kappa shape index (κ1) is 12.3. The molecule has 0 amide bonds. The summed E-state index contributed by atoms with van der Waals surface area (Å²) in [6.45, 7) is 2.55. The van der Waals surface area contributed by atoms with Crippen molar-refractivity contribution in [3.63, 3.8) is 0 Å². The van der Waals surface area contributed by atoms with Crippen molar-refractivity contribution in [3.8, 4) is 0 Å². The third-order valence-corrected chi connectivity index (χ3v) is 3.65. The second kappa shape index (κ2) is 5.98. The molecule has 0 aliphatic carbocycles. The number of anilines is 2. The van der Waals surface area contributed by atoms with E-state index >= 15 is 0 Å². The van der Waals surface area contributed by atoms with Crippen LogP contribution in [0.25, 0.3) is 0 Å². The molecule has 0 fully saturated rings. The largest absolute Gasteiger partial charge is 0.396 e. The van der Waals surface area contributed by atoms with E-state index in [-0.39, 0.29) is 0 Å². The molecular weight excluding hydrogens is 232 g/mol. The van der Waals surface area contributed by atoms with E-state index in [1.54, 1.807) is 6.07 Å². The van der Waals surface area contributed by atoms with E-state index in [1.165, 1.54) is 0 Å². The topological polar surface area (TPSA) is 55.1 Å². The van der Waals surface area contributed by atoms with Gasteiger partial charge in [0.1, 0.15) is 0 Å². The predicted molar refractivity (Wildman–Crippen MR) is 67.9 cm³/mol. The molecule has 1 rings (SSSR count). The summed E-state index contributed by atoms with van der Waals surface area (Å²) in [5.41, 5.74) is 7.11. The van der Waals surface area contributed by atoms with Crippen LogP contribution < -0.4 is 11.1 Å². The molecule has 5 heteroatoms. The summed E-state index contributed by atoms with van der Waals surface area (Å²) in [4.78, 5) is 0. The van der Waals surface area contributed by atoms with Gasteiger partial charge in [0.2, 0.25) is 0 Å². The van der Waals surface area contributed by atoms with Crippen molar-refractivity contribution in [3.05, 3.63) is 23.2 Å². The van der Waals surface area contributed by atoms with E-state index in [0.29, 0.717) is 28.8 Å². The number of hydrogen-bond acceptors (Lipinski definition) is 3. The van der Waals surface area contributed by atoms with E-state index in [0.717, 1.165) is 5.69 Å². The maximum atomic E-state index is 11.2. The number of nitrogens with two attached hydrogens (primary N) is 1. The molecule has 3 nitrogen and oxygen atoms in total. The lowest BCUT2D eigenvalue weighted by Gasteiger charge is -2.09. The molecule has 3 N–H and O–H groups in total. The van der Waals surface area contributed by atoms with E-state index in [4.69, 9.17) is 17.3 Å². The van der Waals surface area contributed by atoms with Crippen LogP contribution in [0.1, 0.15) is 6.92 Å². The van der Waals surface area contributed by atoms with Gasteiger partial charge in [-0.15, -0.1) is 0 Å². The first-order chi connectivity index (χ1) is 7.15. The smallest absolute Gasteiger partial charge is 0.0739 e. The van der Waals surface area contributed by atoms with Crippen LogP contribution in [0.15, 0.2) is 18.2 Å². The van der Waals surface area contributed by atoms with Crippen LogP contribution in [0, 0.1) is 0 Å². The van der Waals surface area contributed by atoms with Gasteiger partial charge in [-0.1, -0.05) is 24.6 Å². The highest BCUT2D eigenvalue weighted by Gasteiger charge is 2.02. The van der Waals surface area contributed by atoms with E-state index in [1.807, 2.05) is 19.1 Å². The summed E-state index contributed by atoms with van der Waals surface area (Å²) < 4.78 is 11.2. The number of halogens is 1. The Bertz CT molecular complexity index is 357. The standard InChI is InChI=1S/C10H15ClN2OS/c1-2-15(14)7-6-13-9-5-3-4-8(11)10(9)12/h3-5,13H,2,6-7,12H2,1H3. The van der Waals surface area contributed by atoms with Gasteiger partial charge in [0.05, 0.1) is 16.4 Å². The fraction of sp³-hybridized carbons (Fsp3) is 0.400. The van der Waals surface area contributed by atoms with Gasteiger partial charge in [0, 0.05) is 28.9 Å². The summed E-state index contributed by atoms with van der Waals surface area (Å²) in [6, 6.07) is 5.43. The zero-order chi connectivity index (χ0) is 11.3. The molecule has 1 atom stereocenters. The summed E-state index contributed by atoms with van der Waals surface area (Å²) >= 11 is 5.86. The lowest BCUT2D eigenvalue weighted by atomic mass is 10.2. The zero-order valence-corrected chi connectivity index (χ0v) is 10.2. The van der Waals surface area contributed by atoms with Crippen LogP contribution >= 0.6 is 11.6 Å². The van der Waals surface area contributed by atoms with Crippen LogP contribution in [-0.4, -0.2) is 22.3 Å². The minimum atomic E-state index is -0.749. The number of nitrogen functional groups attached to an aromatic ring is 1. The summed E-state index contributed by atoms with van der Waals surface area (Å²) in [5.74, 6) is 1.31. The molecule has 84 valence electrons. The molecule has 0 bridgehead atoms. The minimum absolute atomic E-state index is 0.539. The van der Waals surface area contributed by atoms with Gasteiger partial charge in [0.25, 0.3) is 0 Å². The molecule has 1 aromatic carbocycles. The van der Waals surface area contributed by atoms with Crippen molar-refractivity contribution in [2.45, 2.75) is 6.92 Å². The average molecular weight is 247 g/mol. The molecule has 1 unspecified atom stereocenters. The molecule has 0 heterocycles. The van der Waals surface area contributed by atoms with Crippen LogP contribution in [0.3, 0.4) is 0 Å². The Morgan fingerprint density at radius 1 is 1.53 bits per heavy atom. The maximum absolute atomic E-state index is 11.2. The first-order valence-corrected chi connectivity index (χ1v) is 6.64. The highest BCUT2D eigenvalue weighted by atomic mass is 35.5. The Labute approximate surface area is 97.5 Å². The quantitative estimate of drug-likeness (QED) is 0.783. The zero-order valence-electron chi connectivity index (χ0n) is 8.63. The summed E-state index contributed by atoms with van der Waals surface area (Å²) in [6.07, 6.45) is 0. The molecule has 0 spiro atoms. The monoisotopic (exact) mass is 246 g/mol. The fourth-order valence-corrected chi connectivity index (χ4v) is 1.93. The molecule has 1 aromatic rings.